The van der Waals surface area contributed by atoms with Crippen LogP contribution in [0.4, 0.5) is 11.4 Å². The van der Waals surface area contributed by atoms with Crippen LogP contribution in [0.3, 0.4) is 0 Å². The number of sulfonamides is 1. The number of aromatic nitrogens is 2. The lowest BCUT2D eigenvalue weighted by molar-refractivity contribution is -0.117. The van der Waals surface area contributed by atoms with Gasteiger partial charge in [0.1, 0.15) is 16.4 Å². The second-order valence-corrected chi connectivity index (χ2v) is 12.5. The zero-order valence-corrected chi connectivity index (χ0v) is 26.2. The minimum Gasteiger partial charge on any atom is -0.495 e. The SMILES string of the molecule is COc1ccc(Cl)cc1NC(=O)C(C1=Nc2ccccc2S(=O)(=O)N1CCCOc1ccc(C)cc1C)n1cnc(C(=O)O)c1. The lowest BCUT2D eigenvalue weighted by Crippen LogP contribution is -2.47. The van der Waals surface area contributed by atoms with Crippen molar-refractivity contribution in [3.8, 4) is 11.5 Å². The number of aromatic carboxylic acids is 1. The Morgan fingerprint density at radius 2 is 1.82 bits per heavy atom. The molecule has 14 heteroatoms. The molecule has 0 saturated heterocycles. The smallest absolute Gasteiger partial charge is 0.356 e. The number of amidine groups is 1. The maximum absolute atomic E-state index is 14.1. The molecular formula is C31H30ClN5O7S. The predicted molar refractivity (Wildman–Crippen MR) is 168 cm³/mol. The number of hydrogen-bond donors (Lipinski definition) is 2. The number of para-hydroxylation sites is 1. The third kappa shape index (κ3) is 6.64. The second kappa shape index (κ2) is 13.0. The summed E-state index contributed by atoms with van der Waals surface area (Å²) in [7, 11) is -2.79. The van der Waals surface area contributed by atoms with Gasteiger partial charge in [-0.25, -0.2) is 23.2 Å². The molecule has 5 rings (SSSR count). The third-order valence-corrected chi connectivity index (χ3v) is 9.13. The highest BCUT2D eigenvalue weighted by Crippen LogP contribution is 2.36. The fourth-order valence-electron chi connectivity index (χ4n) is 4.93. The first-order valence-corrected chi connectivity index (χ1v) is 15.6. The van der Waals surface area contributed by atoms with Gasteiger partial charge >= 0.3 is 5.97 Å². The Kier molecular flexibility index (Phi) is 9.11. The molecule has 1 aromatic heterocycles. The van der Waals surface area contributed by atoms with Crippen molar-refractivity contribution in [2.75, 3.05) is 25.6 Å². The van der Waals surface area contributed by atoms with Crippen molar-refractivity contribution >= 4 is 50.7 Å². The normalized spacial score (nSPS) is 14.2. The van der Waals surface area contributed by atoms with Crippen LogP contribution in [0.2, 0.25) is 5.02 Å². The molecule has 1 aliphatic heterocycles. The quantitative estimate of drug-likeness (QED) is 0.209. The summed E-state index contributed by atoms with van der Waals surface area (Å²) in [5.41, 5.74) is 2.03. The fraction of sp³-hybridized carbons (Fsp3) is 0.226. The van der Waals surface area contributed by atoms with Gasteiger partial charge in [0, 0.05) is 24.2 Å². The van der Waals surface area contributed by atoms with E-state index in [4.69, 9.17) is 21.1 Å². The van der Waals surface area contributed by atoms with Gasteiger partial charge in [-0.15, -0.1) is 0 Å². The molecule has 45 heavy (non-hydrogen) atoms. The maximum Gasteiger partial charge on any atom is 0.356 e. The topological polar surface area (TPSA) is 152 Å². The van der Waals surface area contributed by atoms with E-state index in [1.165, 1.54) is 29.9 Å². The number of nitrogens with zero attached hydrogens (tertiary/aromatic N) is 4. The largest absolute Gasteiger partial charge is 0.495 e. The molecule has 3 aromatic carbocycles. The van der Waals surface area contributed by atoms with Gasteiger partial charge in [-0.2, -0.15) is 0 Å². The highest BCUT2D eigenvalue weighted by atomic mass is 35.5. The number of fused-ring (bicyclic) bond motifs is 1. The summed E-state index contributed by atoms with van der Waals surface area (Å²) in [5.74, 6) is -1.25. The Labute approximate surface area is 264 Å². The van der Waals surface area contributed by atoms with Gasteiger partial charge in [-0.3, -0.25) is 9.10 Å². The number of aryl methyl sites for hydroxylation is 2. The molecule has 234 valence electrons. The number of carbonyl (C=O) groups is 2. The van der Waals surface area contributed by atoms with Crippen LogP contribution in [-0.4, -0.2) is 65.4 Å². The van der Waals surface area contributed by atoms with Gasteiger partial charge in [0.2, 0.25) is 0 Å². The molecule has 1 atom stereocenters. The number of nitrogens with one attached hydrogen (secondary N) is 1. The molecule has 0 saturated carbocycles. The Balaban J connectivity index is 1.55. The number of anilines is 1. The highest BCUT2D eigenvalue weighted by Gasteiger charge is 2.41. The van der Waals surface area contributed by atoms with Crippen LogP contribution in [0, 0.1) is 13.8 Å². The Morgan fingerprint density at radius 3 is 2.53 bits per heavy atom. The number of amides is 1. The number of rotatable bonds is 11. The number of carbonyl (C=O) groups excluding carboxylic acids is 1. The predicted octanol–water partition coefficient (Wildman–Crippen LogP) is 5.24. The summed E-state index contributed by atoms with van der Waals surface area (Å²) in [6.07, 6.45) is 2.52. The van der Waals surface area contributed by atoms with Gasteiger partial charge in [0.25, 0.3) is 15.9 Å². The first-order chi connectivity index (χ1) is 21.5. The molecule has 0 aliphatic carbocycles. The Hall–Kier alpha value is -4.88. The van der Waals surface area contributed by atoms with E-state index in [0.29, 0.717) is 16.5 Å². The van der Waals surface area contributed by atoms with Crippen LogP contribution in [-0.2, 0) is 14.8 Å². The summed E-state index contributed by atoms with van der Waals surface area (Å²) >= 11 is 6.18. The average Bonchev–Trinajstić information content (AvgIpc) is 3.48. The molecule has 1 aliphatic rings. The van der Waals surface area contributed by atoms with E-state index in [1.54, 1.807) is 24.3 Å². The van der Waals surface area contributed by atoms with Crippen molar-refractivity contribution in [1.82, 2.24) is 13.9 Å². The number of halogens is 1. The molecule has 1 amide bonds. The summed E-state index contributed by atoms with van der Waals surface area (Å²) in [6, 6.07) is 15.1. The second-order valence-electron chi connectivity index (χ2n) is 10.2. The number of aliphatic imine (C=N–C) groups is 1. The molecule has 0 fully saturated rings. The maximum atomic E-state index is 14.1. The fourth-order valence-corrected chi connectivity index (χ4v) is 6.72. The molecule has 4 aromatic rings. The van der Waals surface area contributed by atoms with Crippen LogP contribution in [0.25, 0.3) is 0 Å². The van der Waals surface area contributed by atoms with Crippen molar-refractivity contribution in [2.45, 2.75) is 31.2 Å². The van der Waals surface area contributed by atoms with Crippen molar-refractivity contribution < 1.29 is 32.6 Å². The van der Waals surface area contributed by atoms with E-state index < -0.39 is 27.9 Å². The molecule has 1 unspecified atom stereocenters. The first-order valence-electron chi connectivity index (χ1n) is 13.8. The molecule has 2 N–H and O–H groups in total. The molecule has 12 nitrogen and oxygen atoms in total. The summed E-state index contributed by atoms with van der Waals surface area (Å²) in [5, 5.41) is 12.6. The van der Waals surface area contributed by atoms with Crippen molar-refractivity contribution in [1.29, 1.82) is 0 Å². The van der Waals surface area contributed by atoms with Crippen molar-refractivity contribution in [3.63, 3.8) is 0 Å². The first kappa shape index (κ1) is 31.5. The van der Waals surface area contributed by atoms with Crippen molar-refractivity contribution in [2.24, 2.45) is 4.99 Å². The number of carboxylic acid groups (broad SMARTS) is 1. The lowest BCUT2D eigenvalue weighted by atomic mass is 10.1. The van der Waals surface area contributed by atoms with E-state index in [1.807, 2.05) is 32.0 Å². The van der Waals surface area contributed by atoms with Gasteiger partial charge < -0.3 is 24.5 Å². The number of methoxy groups -OCH3 is 1. The standard InChI is InChI=1S/C31H30ClN5O7S/c1-19-9-11-25(20(2)15-19)44-14-6-13-37-29(34-22-7-4-5-8-27(22)45(37,41)42)28(36-17-24(31(39)40)33-18-36)30(38)35-23-16-21(32)10-12-26(23)43-3/h4-5,7-12,15-18,28H,6,13-14H2,1-3H3,(H,35,38)(H,39,40). The van der Waals surface area contributed by atoms with E-state index in [9.17, 15) is 23.1 Å². The highest BCUT2D eigenvalue weighted by molar-refractivity contribution is 7.90. The van der Waals surface area contributed by atoms with Gasteiger partial charge in [0.15, 0.2) is 17.6 Å². The summed E-state index contributed by atoms with van der Waals surface area (Å²) < 4.78 is 41.7. The zero-order valence-electron chi connectivity index (χ0n) is 24.6. The Bertz CT molecular complexity index is 1910. The average molecular weight is 652 g/mol. The van der Waals surface area contributed by atoms with E-state index in [0.717, 1.165) is 28.0 Å². The lowest BCUT2D eigenvalue weighted by Gasteiger charge is -2.33. The minimum atomic E-state index is -4.21. The van der Waals surface area contributed by atoms with Gasteiger partial charge in [-0.05, 0) is 55.8 Å². The van der Waals surface area contributed by atoms with E-state index in [-0.39, 0.29) is 47.4 Å². The summed E-state index contributed by atoms with van der Waals surface area (Å²) in [6.45, 7) is 3.99. The third-order valence-electron chi connectivity index (χ3n) is 7.05. The molecule has 2 heterocycles. The van der Waals surface area contributed by atoms with Crippen LogP contribution >= 0.6 is 11.6 Å². The monoisotopic (exact) mass is 651 g/mol. The zero-order chi connectivity index (χ0) is 32.3. The number of hydrogen-bond acceptors (Lipinski definition) is 8. The van der Waals surface area contributed by atoms with E-state index in [2.05, 4.69) is 15.3 Å². The minimum absolute atomic E-state index is 0.0310. The number of ether oxygens (including phenoxy) is 2. The number of benzene rings is 3. The van der Waals surface area contributed by atoms with Crippen LogP contribution in [0.5, 0.6) is 11.5 Å². The van der Waals surface area contributed by atoms with Crippen LogP contribution < -0.4 is 14.8 Å². The molecular weight excluding hydrogens is 622 g/mol. The van der Waals surface area contributed by atoms with Crippen molar-refractivity contribution in [3.05, 3.63) is 95.0 Å². The molecule has 0 bridgehead atoms. The molecule has 0 spiro atoms. The van der Waals surface area contributed by atoms with Crippen LogP contribution in [0.1, 0.15) is 34.1 Å². The Morgan fingerprint density at radius 1 is 1.07 bits per heavy atom. The van der Waals surface area contributed by atoms with E-state index >= 15 is 0 Å². The van der Waals surface area contributed by atoms with Crippen LogP contribution in [0.15, 0.2) is 83.1 Å². The summed E-state index contributed by atoms with van der Waals surface area (Å²) in [4.78, 5) is 34.3. The van der Waals surface area contributed by atoms with Gasteiger partial charge in [-0.1, -0.05) is 41.4 Å². The van der Waals surface area contributed by atoms with Gasteiger partial charge in [0.05, 0.1) is 31.4 Å². The number of carboxylic acids is 1. The number of imidazole rings is 1. The molecule has 0 radical (unpaired) electrons.